The Kier molecular flexibility index (Phi) is 61.1. The van der Waals surface area contributed by atoms with E-state index in [1.807, 2.05) is 0 Å². The fourth-order valence-corrected chi connectivity index (χ4v) is 15.4. The topological polar surface area (TPSA) is 380 Å². The average Bonchev–Trinajstić information content (AvgIpc) is 0.753. The van der Waals surface area contributed by atoms with Crippen LogP contribution in [-0.2, 0) is 70.7 Å². The highest BCUT2D eigenvalue weighted by Gasteiger charge is 2.60. The number of hydrogen-bond donors (Lipinski definition) is 10. The van der Waals surface area contributed by atoms with E-state index in [1.165, 1.54) is 135 Å². The predicted octanol–water partition coefficient (Wildman–Crippen LogP) is 15.5. The molecule has 0 bridgehead atoms. The van der Waals surface area contributed by atoms with Crippen molar-refractivity contribution in [1.29, 1.82) is 0 Å². The number of esters is 4. The molecule has 3 aliphatic rings. The Morgan fingerprint density at radius 1 is 0.345 bits per heavy atom. The summed E-state index contributed by atoms with van der Waals surface area (Å²) in [5.41, 5.74) is 0. The minimum atomic E-state index is -5.81. The SMILES string of the molecule is CCCCCC/C=C\CCCCCCCCCC(=O)OC1C(O)C(O)C(OC2OC(CO)C(O)C(O)C2O)C(OP(=O)(O)OCC(COC(=O)CCCCC/C=C\CCCCCCCC)OC(=O)CCCCC/C=C\CCCCCCCC)C1OC1OC(COC(=O)CCCCCCCCCCCCCCC)C(O)C(O)C1O. The number of phosphoric acid groups is 1. The number of unbranched alkanes of at least 4 members (excludes halogenated alkanes) is 41. The Morgan fingerprint density at radius 2 is 0.664 bits per heavy atom. The smallest absolute Gasteiger partial charge is 0.463 e. The number of carbonyl (C=O) groups excluding carboxylic acids is 4. The molecule has 113 heavy (non-hydrogen) atoms. The van der Waals surface area contributed by atoms with Crippen molar-refractivity contribution in [2.24, 2.45) is 0 Å². The van der Waals surface area contributed by atoms with Gasteiger partial charge in [-0.15, -0.1) is 0 Å². The molecular weight excluding hydrogens is 1480 g/mol. The minimum absolute atomic E-state index is 0.00937. The number of aliphatic hydroxyl groups excluding tert-OH is 9. The summed E-state index contributed by atoms with van der Waals surface area (Å²) < 4.78 is 73.2. The van der Waals surface area contributed by atoms with Crippen LogP contribution in [0.25, 0.3) is 0 Å². The van der Waals surface area contributed by atoms with Gasteiger partial charge in [0.2, 0.25) is 0 Å². The molecule has 2 heterocycles. The molecule has 1 saturated carbocycles. The zero-order chi connectivity index (χ0) is 82.5. The molecule has 26 heteroatoms. The van der Waals surface area contributed by atoms with Crippen LogP contribution in [0.1, 0.15) is 362 Å². The number of aliphatic hydroxyl groups is 9. The second kappa shape index (κ2) is 66.5. The van der Waals surface area contributed by atoms with Crippen molar-refractivity contribution in [3.63, 3.8) is 0 Å². The number of rotatable bonds is 71. The van der Waals surface area contributed by atoms with Crippen molar-refractivity contribution < 1.29 is 122 Å². The van der Waals surface area contributed by atoms with Crippen LogP contribution in [0, 0.1) is 0 Å². The summed E-state index contributed by atoms with van der Waals surface area (Å²) in [7, 11) is -5.81. The maximum absolute atomic E-state index is 14.9. The number of phosphoric ester groups is 1. The normalized spacial score (nSPS) is 25.6. The monoisotopic (exact) mass is 1630 g/mol. The van der Waals surface area contributed by atoms with Gasteiger partial charge in [-0.1, -0.05) is 270 Å². The Bertz CT molecular complexity index is 2510. The van der Waals surface area contributed by atoms with Gasteiger partial charge in [-0.3, -0.25) is 28.2 Å². The Labute approximate surface area is 678 Å². The number of hydrogen-bond acceptors (Lipinski definition) is 24. The zero-order valence-corrected chi connectivity index (χ0v) is 70.8. The molecule has 10 N–H and O–H groups in total. The van der Waals surface area contributed by atoms with Gasteiger partial charge in [-0.2, -0.15) is 0 Å². The summed E-state index contributed by atoms with van der Waals surface area (Å²) in [6, 6.07) is 0. The molecule has 18 atom stereocenters. The van der Waals surface area contributed by atoms with Crippen LogP contribution in [0.2, 0.25) is 0 Å². The highest BCUT2D eigenvalue weighted by molar-refractivity contribution is 7.47. The van der Waals surface area contributed by atoms with Gasteiger partial charge in [0, 0.05) is 25.7 Å². The van der Waals surface area contributed by atoms with Gasteiger partial charge >= 0.3 is 31.7 Å². The second-order valence-corrected chi connectivity index (χ2v) is 33.1. The van der Waals surface area contributed by atoms with Crippen LogP contribution >= 0.6 is 7.82 Å². The van der Waals surface area contributed by atoms with Crippen molar-refractivity contribution in [3.8, 4) is 0 Å². The van der Waals surface area contributed by atoms with Gasteiger partial charge in [0.25, 0.3) is 0 Å². The highest BCUT2D eigenvalue weighted by atomic mass is 31.2. The van der Waals surface area contributed by atoms with E-state index in [0.717, 1.165) is 135 Å². The molecule has 25 nitrogen and oxygen atoms in total. The molecule has 0 aromatic heterocycles. The molecule has 0 amide bonds. The molecule has 18 unspecified atom stereocenters. The van der Waals surface area contributed by atoms with E-state index < -0.39 is 162 Å². The van der Waals surface area contributed by atoms with Gasteiger partial charge in [0.15, 0.2) is 24.8 Å². The van der Waals surface area contributed by atoms with Gasteiger partial charge in [-0.05, 0) is 103 Å². The molecule has 2 aliphatic heterocycles. The maximum atomic E-state index is 14.9. The van der Waals surface area contributed by atoms with Crippen LogP contribution in [0.15, 0.2) is 36.5 Å². The number of allylic oxidation sites excluding steroid dienone is 6. The molecule has 3 rings (SSSR count). The fourth-order valence-electron chi connectivity index (χ4n) is 14.4. The van der Waals surface area contributed by atoms with Crippen LogP contribution < -0.4 is 0 Å². The highest BCUT2D eigenvalue weighted by Crippen LogP contribution is 2.49. The quantitative estimate of drug-likeness (QED) is 0.00889. The molecule has 2 saturated heterocycles. The lowest BCUT2D eigenvalue weighted by Gasteiger charge is -2.50. The summed E-state index contributed by atoms with van der Waals surface area (Å²) in [5, 5.41) is 102. The molecule has 1 aliphatic carbocycles. The Hall–Kier alpha value is -3.31. The van der Waals surface area contributed by atoms with E-state index in [2.05, 4.69) is 64.2 Å². The second-order valence-electron chi connectivity index (χ2n) is 31.7. The van der Waals surface area contributed by atoms with Gasteiger partial charge in [0.05, 0.1) is 13.2 Å². The number of ether oxygens (including phenoxy) is 8. The standard InChI is InChI=1S/C87H157O25P/c1-5-9-13-17-21-25-29-33-34-38-42-46-50-54-58-62-73(92)109-82-78(97)79(98)83(110-86-80(99)76(95)74(93)68(63-88)107-86)85(84(82)111-87-81(100)77(96)75(94)69(108-87)66-104-71(90)60-56-52-48-44-40-36-31-27-23-19-15-11-7-3)112-113(101,102)105-65-67(106-72(91)61-57-53-49-45-41-37-32-28-24-20-16-12-8-4)64-103-70(89)59-55-51-47-43-39-35-30-26-22-18-14-10-6-2/h25,29,35,37,39,41,67-69,74-88,93-100H,5-24,26-28,30-34,36,38,40,42-66H2,1-4H3,(H,101,102)/b29-25-,39-35-,41-37-. The van der Waals surface area contributed by atoms with E-state index in [0.29, 0.717) is 38.5 Å². The summed E-state index contributed by atoms with van der Waals surface area (Å²) in [4.78, 5) is 66.2. The van der Waals surface area contributed by atoms with E-state index in [-0.39, 0.29) is 25.7 Å². The third-order valence-corrected chi connectivity index (χ3v) is 22.6. The molecule has 0 radical (unpaired) electrons. The van der Waals surface area contributed by atoms with Crippen LogP contribution in [0.5, 0.6) is 0 Å². The zero-order valence-electron chi connectivity index (χ0n) is 69.9. The summed E-state index contributed by atoms with van der Waals surface area (Å²) >= 11 is 0. The molecule has 0 aromatic rings. The van der Waals surface area contributed by atoms with Crippen molar-refractivity contribution in [2.45, 2.75) is 466 Å². The van der Waals surface area contributed by atoms with E-state index >= 15 is 0 Å². The van der Waals surface area contributed by atoms with Crippen LogP contribution in [0.3, 0.4) is 0 Å². The molecule has 0 aromatic carbocycles. The third kappa shape index (κ3) is 47.3. The fraction of sp³-hybridized carbons (Fsp3) is 0.885. The first-order valence-corrected chi connectivity index (χ1v) is 46.2. The first-order valence-electron chi connectivity index (χ1n) is 44.7. The van der Waals surface area contributed by atoms with E-state index in [4.69, 9.17) is 46.9 Å². The molecular formula is C87H157O25P. The maximum Gasteiger partial charge on any atom is 0.472 e. The van der Waals surface area contributed by atoms with Crippen molar-refractivity contribution in [3.05, 3.63) is 36.5 Å². The molecule has 660 valence electrons. The lowest BCUT2D eigenvalue weighted by atomic mass is 9.84. The summed E-state index contributed by atoms with van der Waals surface area (Å²) in [5.74, 6) is -3.02. The summed E-state index contributed by atoms with van der Waals surface area (Å²) in [6.45, 7) is 5.50. The van der Waals surface area contributed by atoms with Gasteiger partial charge < -0.3 is 88.7 Å². The third-order valence-electron chi connectivity index (χ3n) is 21.6. The first kappa shape index (κ1) is 104. The minimum Gasteiger partial charge on any atom is -0.463 e. The van der Waals surface area contributed by atoms with E-state index in [1.54, 1.807) is 0 Å². The van der Waals surface area contributed by atoms with Crippen molar-refractivity contribution >= 4 is 31.7 Å². The summed E-state index contributed by atoms with van der Waals surface area (Å²) in [6.07, 6.45) is 26.0. The van der Waals surface area contributed by atoms with Crippen LogP contribution in [-0.4, -0.2) is 205 Å². The van der Waals surface area contributed by atoms with Gasteiger partial charge in [0.1, 0.15) is 92.6 Å². The van der Waals surface area contributed by atoms with Crippen LogP contribution in [0.4, 0.5) is 0 Å². The Balaban J connectivity index is 1.95. The van der Waals surface area contributed by atoms with Crippen molar-refractivity contribution in [1.82, 2.24) is 0 Å². The lowest BCUT2D eigenvalue weighted by Crippen LogP contribution is -2.70. The largest absolute Gasteiger partial charge is 0.472 e. The average molecular weight is 1630 g/mol. The lowest BCUT2D eigenvalue weighted by molar-refractivity contribution is -0.360. The molecule has 3 fully saturated rings. The first-order chi connectivity index (χ1) is 54.7. The van der Waals surface area contributed by atoms with Crippen molar-refractivity contribution in [2.75, 3.05) is 26.4 Å². The predicted molar refractivity (Wildman–Crippen MR) is 435 cm³/mol. The Morgan fingerprint density at radius 3 is 1.07 bits per heavy atom. The molecule has 0 spiro atoms. The van der Waals surface area contributed by atoms with Gasteiger partial charge in [-0.25, -0.2) is 4.57 Å². The van der Waals surface area contributed by atoms with E-state index in [9.17, 15) is 74.6 Å². The number of carbonyl (C=O) groups is 4.